The second-order valence-electron chi connectivity index (χ2n) is 9.96. The van der Waals surface area contributed by atoms with E-state index in [-0.39, 0.29) is 23.6 Å². The molecule has 38 heavy (non-hydrogen) atoms. The lowest BCUT2D eigenvalue weighted by Crippen LogP contribution is -2.35. The van der Waals surface area contributed by atoms with E-state index in [2.05, 4.69) is 39.9 Å². The maximum atomic E-state index is 12.5. The number of carbonyl (C=O) groups is 4. The van der Waals surface area contributed by atoms with Gasteiger partial charge in [0, 0.05) is 51.1 Å². The van der Waals surface area contributed by atoms with E-state index in [1.54, 1.807) is 0 Å². The number of carbonyl (C=O) groups excluding carboxylic acids is 4. The third-order valence-electron chi connectivity index (χ3n) is 6.96. The maximum Gasteiger partial charge on any atom is 0.251 e. The number of imide groups is 1. The average Bonchev–Trinajstić information content (AvgIpc) is 3.16. The Hall–Kier alpha value is -3.56. The van der Waals surface area contributed by atoms with Gasteiger partial charge in [-0.2, -0.15) is 0 Å². The molecule has 3 N–H and O–H groups in total. The van der Waals surface area contributed by atoms with Gasteiger partial charge in [-0.1, -0.05) is 30.3 Å². The predicted molar refractivity (Wildman–Crippen MR) is 142 cm³/mol. The number of hydrogen-bond donors (Lipinski definition) is 3. The molecule has 202 valence electrons. The first-order chi connectivity index (χ1) is 18.4. The van der Waals surface area contributed by atoms with Gasteiger partial charge >= 0.3 is 0 Å². The molecule has 2 saturated heterocycles. The smallest absolute Gasteiger partial charge is 0.251 e. The van der Waals surface area contributed by atoms with Crippen molar-refractivity contribution < 1.29 is 23.9 Å². The molecular formula is C29H36N4O5. The van der Waals surface area contributed by atoms with Crippen LogP contribution in [-0.2, 0) is 45.2 Å². The van der Waals surface area contributed by atoms with Gasteiger partial charge < -0.3 is 15.4 Å². The predicted octanol–water partition coefficient (Wildman–Crippen LogP) is 2.13. The van der Waals surface area contributed by atoms with Crippen molar-refractivity contribution in [3.63, 3.8) is 0 Å². The summed E-state index contributed by atoms with van der Waals surface area (Å²) in [5.74, 6) is -0.279. The van der Waals surface area contributed by atoms with Crippen LogP contribution < -0.4 is 16.0 Å². The zero-order valence-corrected chi connectivity index (χ0v) is 21.9. The van der Waals surface area contributed by atoms with E-state index in [1.807, 2.05) is 24.3 Å². The number of ether oxygens (including phenoxy) is 1. The van der Waals surface area contributed by atoms with Crippen LogP contribution in [0.1, 0.15) is 63.9 Å². The minimum absolute atomic E-state index is 0.000811. The van der Waals surface area contributed by atoms with E-state index < -0.39 is 0 Å². The fraction of sp³-hybridized carbons (Fsp3) is 0.448. The highest BCUT2D eigenvalue weighted by Gasteiger charge is 2.18. The average molecular weight is 521 g/mol. The van der Waals surface area contributed by atoms with Crippen LogP contribution in [0.3, 0.4) is 0 Å². The fourth-order valence-electron chi connectivity index (χ4n) is 4.70. The van der Waals surface area contributed by atoms with Crippen molar-refractivity contribution in [3.05, 3.63) is 69.8 Å². The zero-order valence-electron chi connectivity index (χ0n) is 21.9. The van der Waals surface area contributed by atoms with Crippen LogP contribution in [0.2, 0.25) is 0 Å². The first kappa shape index (κ1) is 27.5. The third-order valence-corrected chi connectivity index (χ3v) is 6.96. The molecule has 0 radical (unpaired) electrons. The third kappa shape index (κ3) is 7.97. The number of amides is 4. The maximum absolute atomic E-state index is 12.5. The van der Waals surface area contributed by atoms with Crippen molar-refractivity contribution in [2.45, 2.75) is 58.7 Å². The number of nitrogens with one attached hydrogen (secondary N) is 3. The molecule has 4 amide bonds. The SMILES string of the molecule is Cc1ccc(CC(=O)NCc2ccc3c(c2)CNC3=O)cc1CN1CCOCC1.O=C1CCCCC(=O)N1. The molecule has 3 aliphatic rings. The highest BCUT2D eigenvalue weighted by atomic mass is 16.5. The molecular weight excluding hydrogens is 484 g/mol. The molecule has 2 aromatic carbocycles. The van der Waals surface area contributed by atoms with Crippen LogP contribution in [0.15, 0.2) is 36.4 Å². The van der Waals surface area contributed by atoms with Gasteiger partial charge in [0.25, 0.3) is 5.91 Å². The molecule has 0 aromatic heterocycles. The Morgan fingerprint density at radius 1 is 0.974 bits per heavy atom. The van der Waals surface area contributed by atoms with Gasteiger partial charge in [-0.3, -0.25) is 29.4 Å². The quantitative estimate of drug-likeness (QED) is 0.503. The van der Waals surface area contributed by atoms with Crippen molar-refractivity contribution in [1.29, 1.82) is 0 Å². The van der Waals surface area contributed by atoms with Crippen LogP contribution in [0.4, 0.5) is 0 Å². The molecule has 0 unspecified atom stereocenters. The summed E-state index contributed by atoms with van der Waals surface area (Å²) in [5, 5.41) is 8.07. The van der Waals surface area contributed by atoms with Gasteiger partial charge in [0.05, 0.1) is 19.6 Å². The number of hydrogen-bond acceptors (Lipinski definition) is 6. The fourth-order valence-corrected chi connectivity index (χ4v) is 4.70. The van der Waals surface area contributed by atoms with E-state index in [9.17, 15) is 19.2 Å². The van der Waals surface area contributed by atoms with Crippen LogP contribution in [0.5, 0.6) is 0 Å². The van der Waals surface area contributed by atoms with E-state index in [0.29, 0.717) is 32.4 Å². The van der Waals surface area contributed by atoms with Crippen LogP contribution in [0, 0.1) is 6.92 Å². The number of rotatable bonds is 6. The lowest BCUT2D eigenvalue weighted by molar-refractivity contribution is -0.129. The number of aryl methyl sites for hydroxylation is 1. The summed E-state index contributed by atoms with van der Waals surface area (Å²) in [7, 11) is 0. The van der Waals surface area contributed by atoms with E-state index >= 15 is 0 Å². The summed E-state index contributed by atoms with van der Waals surface area (Å²) in [6, 6.07) is 12.0. The largest absolute Gasteiger partial charge is 0.379 e. The van der Waals surface area contributed by atoms with E-state index in [1.165, 1.54) is 11.1 Å². The van der Waals surface area contributed by atoms with E-state index in [0.717, 1.165) is 67.9 Å². The molecule has 3 heterocycles. The summed E-state index contributed by atoms with van der Waals surface area (Å²) < 4.78 is 5.42. The summed E-state index contributed by atoms with van der Waals surface area (Å²) in [5.41, 5.74) is 6.28. The molecule has 9 heteroatoms. The van der Waals surface area contributed by atoms with Gasteiger partial charge in [0.15, 0.2) is 0 Å². The first-order valence-corrected chi connectivity index (χ1v) is 13.3. The van der Waals surface area contributed by atoms with Crippen LogP contribution in [-0.4, -0.2) is 54.8 Å². The summed E-state index contributed by atoms with van der Waals surface area (Å²) in [4.78, 5) is 47.6. The Balaban J connectivity index is 0.000000317. The number of fused-ring (bicyclic) bond motifs is 1. The van der Waals surface area contributed by atoms with E-state index in [4.69, 9.17) is 4.74 Å². The topological polar surface area (TPSA) is 117 Å². The molecule has 2 fully saturated rings. The Labute approximate surface area is 223 Å². The molecule has 3 aliphatic heterocycles. The second kappa shape index (κ2) is 13.3. The van der Waals surface area contributed by atoms with Crippen LogP contribution in [0.25, 0.3) is 0 Å². The van der Waals surface area contributed by atoms with Crippen molar-refractivity contribution in [1.82, 2.24) is 20.9 Å². The zero-order chi connectivity index (χ0) is 26.9. The van der Waals surface area contributed by atoms with Crippen molar-refractivity contribution in [2.75, 3.05) is 26.3 Å². The standard InChI is InChI=1S/C23H27N3O3.C6H9NO2/c1-16-2-3-17(10-20(16)15-26-6-8-29-9-7-26)12-22(27)24-13-18-4-5-21-19(11-18)14-25-23(21)28;8-5-3-1-2-4-6(9)7-5/h2-5,10-11H,6-9,12-15H2,1H3,(H,24,27)(H,25,28);1-4H2,(H,7,8,9). The van der Waals surface area contributed by atoms with Crippen molar-refractivity contribution in [2.24, 2.45) is 0 Å². The monoisotopic (exact) mass is 520 g/mol. The second-order valence-corrected chi connectivity index (χ2v) is 9.96. The Kier molecular flexibility index (Phi) is 9.62. The molecule has 5 rings (SSSR count). The highest BCUT2D eigenvalue weighted by Crippen LogP contribution is 2.18. The van der Waals surface area contributed by atoms with Crippen molar-refractivity contribution >= 4 is 23.6 Å². The van der Waals surface area contributed by atoms with Crippen LogP contribution >= 0.6 is 0 Å². The molecule has 2 aromatic rings. The summed E-state index contributed by atoms with van der Waals surface area (Å²) >= 11 is 0. The minimum atomic E-state index is -0.127. The summed E-state index contributed by atoms with van der Waals surface area (Å²) in [6.45, 7) is 7.51. The molecule has 0 atom stereocenters. The Morgan fingerprint density at radius 2 is 1.68 bits per heavy atom. The molecule has 0 aliphatic carbocycles. The molecule has 0 saturated carbocycles. The first-order valence-electron chi connectivity index (χ1n) is 13.3. The highest BCUT2D eigenvalue weighted by molar-refractivity contribution is 5.98. The lowest BCUT2D eigenvalue weighted by atomic mass is 10.0. The Morgan fingerprint density at radius 3 is 2.42 bits per heavy atom. The van der Waals surface area contributed by atoms with Gasteiger partial charge in [-0.15, -0.1) is 0 Å². The van der Waals surface area contributed by atoms with Gasteiger partial charge in [-0.05, 0) is 53.6 Å². The Bertz CT molecular complexity index is 1170. The molecule has 0 spiro atoms. The van der Waals surface area contributed by atoms with Gasteiger partial charge in [-0.25, -0.2) is 0 Å². The lowest BCUT2D eigenvalue weighted by Gasteiger charge is -2.27. The molecule has 0 bridgehead atoms. The number of nitrogens with zero attached hydrogens (tertiary/aromatic N) is 1. The minimum Gasteiger partial charge on any atom is -0.379 e. The number of morpholine rings is 1. The van der Waals surface area contributed by atoms with Crippen molar-refractivity contribution in [3.8, 4) is 0 Å². The van der Waals surface area contributed by atoms with Gasteiger partial charge in [0.1, 0.15) is 0 Å². The van der Waals surface area contributed by atoms with Gasteiger partial charge in [0.2, 0.25) is 17.7 Å². The normalized spacial score (nSPS) is 17.4. The summed E-state index contributed by atoms with van der Waals surface area (Å²) in [6.07, 6.45) is 3.06. The number of benzene rings is 2. The molecule has 9 nitrogen and oxygen atoms in total.